The number of benzene rings is 4. The Labute approximate surface area is 227 Å². The number of hydrogen-bond donors (Lipinski definition) is 2. The molecule has 0 aromatic heterocycles. The second-order valence-corrected chi connectivity index (χ2v) is 9.67. The molecule has 0 radical (unpaired) electrons. The molecule has 40 heavy (non-hydrogen) atoms. The van der Waals surface area contributed by atoms with Gasteiger partial charge in [0.15, 0.2) is 5.78 Å². The minimum absolute atomic E-state index is 0.00622. The van der Waals surface area contributed by atoms with Crippen molar-refractivity contribution in [3.63, 3.8) is 0 Å². The van der Waals surface area contributed by atoms with Gasteiger partial charge in [-0.1, -0.05) is 24.3 Å². The lowest BCUT2D eigenvalue weighted by atomic mass is 9.96. The molecule has 0 atom stereocenters. The molecule has 4 aromatic carbocycles. The largest absolute Gasteiger partial charge is 0.508 e. The van der Waals surface area contributed by atoms with E-state index in [1.54, 1.807) is 25.1 Å². The number of phenols is 2. The summed E-state index contributed by atoms with van der Waals surface area (Å²) in [6.07, 6.45) is 0. The first-order valence-corrected chi connectivity index (χ1v) is 12.2. The van der Waals surface area contributed by atoms with Gasteiger partial charge in [0.25, 0.3) is 23.6 Å². The summed E-state index contributed by atoms with van der Waals surface area (Å²) in [6.45, 7) is 1.74. The number of fused-ring (bicyclic) bond motifs is 2. The second kappa shape index (κ2) is 8.74. The van der Waals surface area contributed by atoms with Crippen molar-refractivity contribution in [2.24, 2.45) is 0 Å². The fourth-order valence-corrected chi connectivity index (χ4v) is 4.99. The topological polar surface area (TPSA) is 132 Å². The van der Waals surface area contributed by atoms with Gasteiger partial charge in [-0.2, -0.15) is 0 Å². The Morgan fingerprint density at radius 1 is 0.600 bits per heavy atom. The number of carbonyl (C=O) groups is 5. The van der Waals surface area contributed by atoms with Crippen molar-refractivity contribution in [2.75, 3.05) is 11.9 Å². The number of amides is 4. The van der Waals surface area contributed by atoms with E-state index in [0.29, 0.717) is 16.7 Å². The summed E-state index contributed by atoms with van der Waals surface area (Å²) >= 11 is 0. The normalized spacial score (nSPS) is 14.2. The van der Waals surface area contributed by atoms with E-state index in [1.165, 1.54) is 61.6 Å². The van der Waals surface area contributed by atoms with Crippen LogP contribution in [0.5, 0.6) is 11.5 Å². The summed E-state index contributed by atoms with van der Waals surface area (Å²) in [5, 5.41) is 20.4. The molecule has 4 amide bonds. The summed E-state index contributed by atoms with van der Waals surface area (Å²) in [4.78, 5) is 66.4. The van der Waals surface area contributed by atoms with Crippen molar-refractivity contribution in [1.82, 2.24) is 4.90 Å². The van der Waals surface area contributed by atoms with Crippen LogP contribution in [0.3, 0.4) is 0 Å². The van der Waals surface area contributed by atoms with Gasteiger partial charge in [0.05, 0.1) is 27.9 Å². The SMILES string of the molecule is Cc1cc(-c2ccc(O)c(N3C(=O)c4ccc(C(=O)c5ccc6c(c5)C(=O)N(C)C6=O)cc4C3=O)c2)ccc1O. The Balaban J connectivity index is 1.35. The van der Waals surface area contributed by atoms with E-state index in [1.807, 2.05) is 0 Å². The van der Waals surface area contributed by atoms with E-state index < -0.39 is 29.4 Å². The smallest absolute Gasteiger partial charge is 0.266 e. The highest BCUT2D eigenvalue weighted by Gasteiger charge is 2.39. The molecule has 0 fully saturated rings. The lowest BCUT2D eigenvalue weighted by molar-refractivity contribution is 0.0692. The molecular weight excluding hydrogens is 512 g/mol. The van der Waals surface area contributed by atoms with Crippen molar-refractivity contribution < 1.29 is 34.2 Å². The Kier molecular flexibility index (Phi) is 5.41. The lowest BCUT2D eigenvalue weighted by Crippen LogP contribution is -2.29. The minimum Gasteiger partial charge on any atom is -0.508 e. The highest BCUT2D eigenvalue weighted by Crippen LogP contribution is 2.38. The van der Waals surface area contributed by atoms with Crippen LogP contribution in [0.25, 0.3) is 11.1 Å². The Bertz CT molecular complexity index is 1860. The Morgan fingerprint density at radius 3 is 1.73 bits per heavy atom. The van der Waals surface area contributed by atoms with Gasteiger partial charge in [-0.15, -0.1) is 0 Å². The molecule has 2 N–H and O–H groups in total. The van der Waals surface area contributed by atoms with Crippen molar-refractivity contribution in [1.29, 1.82) is 0 Å². The lowest BCUT2D eigenvalue weighted by Gasteiger charge is -2.17. The van der Waals surface area contributed by atoms with E-state index in [0.717, 1.165) is 9.80 Å². The fourth-order valence-electron chi connectivity index (χ4n) is 4.99. The van der Waals surface area contributed by atoms with Gasteiger partial charge in [0.2, 0.25) is 0 Å². The summed E-state index contributed by atoms with van der Waals surface area (Å²) in [7, 11) is 1.36. The maximum absolute atomic E-state index is 13.4. The van der Waals surface area contributed by atoms with Crippen LogP contribution in [-0.4, -0.2) is 51.6 Å². The number of carbonyl (C=O) groups excluding carboxylic acids is 5. The van der Waals surface area contributed by atoms with Gasteiger partial charge in [0, 0.05) is 18.2 Å². The first kappa shape index (κ1) is 24.7. The molecule has 0 saturated heterocycles. The molecule has 4 aromatic rings. The van der Waals surface area contributed by atoms with Gasteiger partial charge >= 0.3 is 0 Å². The van der Waals surface area contributed by atoms with E-state index in [2.05, 4.69) is 0 Å². The maximum atomic E-state index is 13.4. The molecule has 6 rings (SSSR count). The van der Waals surface area contributed by atoms with Crippen LogP contribution in [0, 0.1) is 6.92 Å². The summed E-state index contributed by atoms with van der Waals surface area (Å²) in [6, 6.07) is 17.8. The van der Waals surface area contributed by atoms with Crippen LogP contribution in [0.4, 0.5) is 5.69 Å². The van der Waals surface area contributed by atoms with Crippen molar-refractivity contribution in [3.8, 4) is 22.6 Å². The fraction of sp³-hybridized carbons (Fsp3) is 0.0645. The van der Waals surface area contributed by atoms with Crippen molar-refractivity contribution in [2.45, 2.75) is 6.92 Å². The average Bonchev–Trinajstić information content (AvgIpc) is 3.33. The molecule has 2 aliphatic heterocycles. The third-order valence-electron chi connectivity index (χ3n) is 7.25. The number of ketones is 1. The molecular formula is C31H20N2O7. The van der Waals surface area contributed by atoms with Crippen LogP contribution in [0.15, 0.2) is 72.8 Å². The van der Waals surface area contributed by atoms with E-state index in [4.69, 9.17) is 0 Å². The summed E-state index contributed by atoms with van der Waals surface area (Å²) < 4.78 is 0. The standard InChI is InChI=1S/C31H20N2O7/c1-15-11-16(5-9-25(15)34)17-6-10-26(35)24(14-17)33-30(39)21-8-4-19(13-23(21)31(33)40)27(36)18-3-7-20-22(12-18)29(38)32(2)28(20)37/h3-14,34-35H,1-2H3. The zero-order valence-electron chi connectivity index (χ0n) is 21.3. The molecule has 0 bridgehead atoms. The van der Waals surface area contributed by atoms with Crippen LogP contribution >= 0.6 is 0 Å². The van der Waals surface area contributed by atoms with Crippen LogP contribution in [-0.2, 0) is 0 Å². The second-order valence-electron chi connectivity index (χ2n) is 9.67. The number of aromatic hydroxyl groups is 2. The molecule has 0 saturated carbocycles. The van der Waals surface area contributed by atoms with Gasteiger partial charge in [-0.3, -0.25) is 28.9 Å². The monoisotopic (exact) mass is 532 g/mol. The maximum Gasteiger partial charge on any atom is 0.266 e. The first-order valence-electron chi connectivity index (χ1n) is 12.2. The Morgan fingerprint density at radius 2 is 1.10 bits per heavy atom. The molecule has 2 aliphatic rings. The number of hydrogen-bond acceptors (Lipinski definition) is 7. The molecule has 9 nitrogen and oxygen atoms in total. The van der Waals surface area contributed by atoms with Gasteiger partial charge in [-0.05, 0) is 72.1 Å². The Hall–Kier alpha value is -5.57. The van der Waals surface area contributed by atoms with Crippen molar-refractivity contribution in [3.05, 3.63) is 112 Å². The van der Waals surface area contributed by atoms with Gasteiger partial charge < -0.3 is 10.2 Å². The predicted molar refractivity (Wildman–Crippen MR) is 144 cm³/mol. The number of imide groups is 2. The molecule has 0 spiro atoms. The average molecular weight is 533 g/mol. The van der Waals surface area contributed by atoms with Crippen LogP contribution < -0.4 is 4.90 Å². The van der Waals surface area contributed by atoms with E-state index >= 15 is 0 Å². The number of aryl methyl sites for hydroxylation is 1. The predicted octanol–water partition coefficient (Wildman–Crippen LogP) is 4.33. The quantitative estimate of drug-likeness (QED) is 0.295. The summed E-state index contributed by atoms with van der Waals surface area (Å²) in [5.41, 5.74) is 2.60. The molecule has 196 valence electrons. The number of rotatable bonds is 4. The zero-order chi connectivity index (χ0) is 28.5. The molecule has 0 unspecified atom stereocenters. The highest BCUT2D eigenvalue weighted by molar-refractivity contribution is 6.35. The first-order chi connectivity index (χ1) is 19.1. The number of phenolic OH excluding ortho intramolecular Hbond substituents is 2. The zero-order valence-corrected chi connectivity index (χ0v) is 21.3. The molecule has 0 aliphatic carbocycles. The third kappa shape index (κ3) is 3.59. The minimum atomic E-state index is -0.708. The van der Waals surface area contributed by atoms with Crippen LogP contribution in [0.2, 0.25) is 0 Å². The number of anilines is 1. The van der Waals surface area contributed by atoms with Crippen molar-refractivity contribution >= 4 is 35.1 Å². The summed E-state index contributed by atoms with van der Waals surface area (Å²) in [5.74, 6) is -2.98. The van der Waals surface area contributed by atoms with E-state index in [9.17, 15) is 34.2 Å². The van der Waals surface area contributed by atoms with Gasteiger partial charge in [-0.25, -0.2) is 4.90 Å². The van der Waals surface area contributed by atoms with Gasteiger partial charge in [0.1, 0.15) is 11.5 Å². The molecule has 9 heteroatoms. The third-order valence-corrected chi connectivity index (χ3v) is 7.25. The number of nitrogens with zero attached hydrogens (tertiary/aromatic N) is 2. The van der Waals surface area contributed by atoms with Crippen LogP contribution in [0.1, 0.15) is 62.9 Å². The highest BCUT2D eigenvalue weighted by atomic mass is 16.3. The molecule has 2 heterocycles. The van der Waals surface area contributed by atoms with E-state index in [-0.39, 0.29) is 50.6 Å².